The van der Waals surface area contributed by atoms with Crippen molar-refractivity contribution in [2.45, 2.75) is 23.6 Å². The Morgan fingerprint density at radius 3 is 2.06 bits per heavy atom. The Bertz CT molecular complexity index is 1510. The van der Waals surface area contributed by atoms with Gasteiger partial charge < -0.3 is 10.4 Å². The Balaban J connectivity index is 0.00000289. The second-order valence-corrected chi connectivity index (χ2v) is 9.51. The molecule has 0 saturated carbocycles. The monoisotopic (exact) mass is 525 g/mol. The van der Waals surface area contributed by atoms with Crippen molar-refractivity contribution < 1.29 is 35.8 Å². The molecule has 4 N–H and O–H groups in total. The molecule has 0 aromatic heterocycles. The van der Waals surface area contributed by atoms with Crippen LogP contribution in [0.2, 0.25) is 0 Å². The SMILES string of the molecule is CC(=O)Nc1c(S(=O)(=O)O)c(N=Nc2ccccc2C)c(O)c2ccc(S(=O)(=O)O)cc12.[Na].[Na]. The summed E-state index contributed by atoms with van der Waals surface area (Å²) in [5.74, 6) is -1.51. The maximum atomic E-state index is 12.2. The second kappa shape index (κ2) is 11.6. The van der Waals surface area contributed by atoms with Crippen LogP contribution in [0.15, 0.2) is 62.5 Å². The zero-order valence-corrected chi connectivity index (χ0v) is 24.3. The summed E-state index contributed by atoms with van der Waals surface area (Å²) in [6.07, 6.45) is 0. The number of anilines is 1. The summed E-state index contributed by atoms with van der Waals surface area (Å²) in [5, 5.41) is 20.3. The Morgan fingerprint density at radius 2 is 1.53 bits per heavy atom. The minimum absolute atomic E-state index is 0. The number of hydrogen-bond acceptors (Lipinski definition) is 8. The summed E-state index contributed by atoms with van der Waals surface area (Å²) in [6, 6.07) is 9.59. The number of azo groups is 1. The third-order valence-corrected chi connectivity index (χ3v) is 6.18. The normalized spacial score (nSPS) is 11.6. The van der Waals surface area contributed by atoms with Crippen LogP contribution in [0.3, 0.4) is 0 Å². The molecule has 3 aromatic carbocycles. The number of aromatic hydroxyl groups is 1. The Kier molecular flexibility index (Phi) is 10.4. The van der Waals surface area contributed by atoms with Crippen molar-refractivity contribution >= 4 is 113 Å². The molecule has 3 aromatic rings. The molecule has 15 heteroatoms. The maximum absolute atomic E-state index is 12.2. The molecule has 170 valence electrons. The first-order chi connectivity index (χ1) is 14.8. The minimum atomic E-state index is -5.13. The molecule has 0 aliphatic rings. The van der Waals surface area contributed by atoms with Crippen LogP contribution < -0.4 is 5.32 Å². The number of fused-ring (bicyclic) bond motifs is 1. The van der Waals surface area contributed by atoms with Crippen molar-refractivity contribution in [3.05, 3.63) is 48.0 Å². The number of nitrogens with one attached hydrogen (secondary N) is 1. The fourth-order valence-corrected chi connectivity index (χ4v) is 4.30. The summed E-state index contributed by atoms with van der Waals surface area (Å²) < 4.78 is 66.8. The van der Waals surface area contributed by atoms with Gasteiger partial charge in [-0.2, -0.15) is 21.9 Å². The summed E-state index contributed by atoms with van der Waals surface area (Å²) in [7, 11) is -9.84. The number of phenolic OH excluding ortho intramolecular Hbond substituents is 1. The topological polar surface area (TPSA) is 183 Å². The van der Waals surface area contributed by atoms with Crippen LogP contribution in [0.5, 0.6) is 5.75 Å². The number of carbonyl (C=O) groups is 1. The number of benzene rings is 3. The number of rotatable bonds is 5. The van der Waals surface area contributed by atoms with Gasteiger partial charge in [0, 0.05) is 76.8 Å². The van der Waals surface area contributed by atoms with E-state index in [1.54, 1.807) is 31.2 Å². The summed E-state index contributed by atoms with van der Waals surface area (Å²) >= 11 is 0. The minimum Gasteiger partial charge on any atom is -0.505 e. The van der Waals surface area contributed by atoms with Crippen LogP contribution >= 0.6 is 0 Å². The van der Waals surface area contributed by atoms with E-state index in [1.807, 2.05) is 0 Å². The molecule has 2 radical (unpaired) electrons. The van der Waals surface area contributed by atoms with E-state index in [9.17, 15) is 35.8 Å². The van der Waals surface area contributed by atoms with E-state index in [0.717, 1.165) is 25.1 Å². The van der Waals surface area contributed by atoms with Gasteiger partial charge in [0.1, 0.15) is 4.90 Å². The fourth-order valence-electron chi connectivity index (χ4n) is 3.00. The van der Waals surface area contributed by atoms with Crippen molar-refractivity contribution in [1.29, 1.82) is 0 Å². The first-order valence-corrected chi connectivity index (χ1v) is 11.7. The molecule has 34 heavy (non-hydrogen) atoms. The quantitative estimate of drug-likeness (QED) is 0.170. The van der Waals surface area contributed by atoms with Crippen molar-refractivity contribution in [2.24, 2.45) is 10.2 Å². The predicted molar refractivity (Wildman–Crippen MR) is 126 cm³/mol. The van der Waals surface area contributed by atoms with Gasteiger partial charge in [0.05, 0.1) is 16.3 Å². The molecule has 0 bridgehead atoms. The number of carbonyl (C=O) groups excluding carboxylic acids is 1. The first-order valence-electron chi connectivity index (χ1n) is 8.83. The molecule has 0 fully saturated rings. The van der Waals surface area contributed by atoms with Gasteiger partial charge in [0.25, 0.3) is 20.2 Å². The largest absolute Gasteiger partial charge is 0.505 e. The summed E-state index contributed by atoms with van der Waals surface area (Å²) in [5.41, 5.74) is -0.190. The molecule has 0 spiro atoms. The third kappa shape index (κ3) is 6.63. The van der Waals surface area contributed by atoms with Gasteiger partial charge in [-0.3, -0.25) is 13.9 Å². The Labute approximate surface area is 239 Å². The van der Waals surface area contributed by atoms with Crippen LogP contribution in [0.25, 0.3) is 10.8 Å². The fraction of sp³-hybridized carbons (Fsp3) is 0.105. The molecule has 0 unspecified atom stereocenters. The molecule has 11 nitrogen and oxygen atoms in total. The number of nitrogens with zero attached hydrogens (tertiary/aromatic N) is 2. The smallest absolute Gasteiger partial charge is 0.299 e. The number of amides is 1. The van der Waals surface area contributed by atoms with E-state index < -0.39 is 53.1 Å². The zero-order chi connectivity index (χ0) is 23.8. The van der Waals surface area contributed by atoms with Crippen LogP contribution in [0, 0.1) is 6.92 Å². The molecule has 0 saturated heterocycles. The zero-order valence-electron chi connectivity index (χ0n) is 18.6. The molecule has 0 atom stereocenters. The maximum Gasteiger partial charge on any atom is 0.299 e. The third-order valence-electron chi connectivity index (χ3n) is 4.41. The van der Waals surface area contributed by atoms with Crippen LogP contribution in [-0.2, 0) is 25.0 Å². The van der Waals surface area contributed by atoms with Crippen molar-refractivity contribution in [1.82, 2.24) is 0 Å². The van der Waals surface area contributed by atoms with Crippen molar-refractivity contribution in [2.75, 3.05) is 5.32 Å². The summed E-state index contributed by atoms with van der Waals surface area (Å²) in [6.45, 7) is 2.77. The molecule has 0 aliphatic heterocycles. The molecule has 1 amide bonds. The van der Waals surface area contributed by atoms with E-state index in [4.69, 9.17) is 0 Å². The second-order valence-electron chi connectivity index (χ2n) is 6.73. The van der Waals surface area contributed by atoms with Crippen molar-refractivity contribution in [3.63, 3.8) is 0 Å². The van der Waals surface area contributed by atoms with Gasteiger partial charge in [-0.25, -0.2) is 0 Å². The van der Waals surface area contributed by atoms with E-state index in [-0.39, 0.29) is 69.9 Å². The van der Waals surface area contributed by atoms with E-state index >= 15 is 0 Å². The van der Waals surface area contributed by atoms with E-state index in [2.05, 4.69) is 15.5 Å². The molecular weight excluding hydrogens is 508 g/mol. The van der Waals surface area contributed by atoms with Crippen LogP contribution in [0.1, 0.15) is 12.5 Å². The van der Waals surface area contributed by atoms with E-state index in [0.29, 0.717) is 11.3 Å². The van der Waals surface area contributed by atoms with Gasteiger partial charge in [-0.05, 0) is 36.8 Å². The van der Waals surface area contributed by atoms with Gasteiger partial charge in [-0.1, -0.05) is 18.2 Å². The molecular formula is C19H17N3Na2O8S2. The summed E-state index contributed by atoms with van der Waals surface area (Å²) in [4.78, 5) is 10.1. The number of phenols is 1. The van der Waals surface area contributed by atoms with Crippen molar-refractivity contribution in [3.8, 4) is 5.75 Å². The average Bonchev–Trinajstić information content (AvgIpc) is 2.67. The average molecular weight is 525 g/mol. The number of aryl methyl sites for hydroxylation is 1. The Hall–Kier alpha value is -1.39. The van der Waals surface area contributed by atoms with E-state index in [1.165, 1.54) is 0 Å². The van der Waals surface area contributed by atoms with Crippen LogP contribution in [0.4, 0.5) is 17.1 Å². The molecule has 0 aliphatic carbocycles. The molecule has 3 rings (SSSR count). The predicted octanol–water partition coefficient (Wildman–Crippen LogP) is 2.96. The number of hydrogen-bond donors (Lipinski definition) is 4. The first kappa shape index (κ1) is 30.6. The van der Waals surface area contributed by atoms with Gasteiger partial charge >= 0.3 is 0 Å². The Morgan fingerprint density at radius 1 is 0.912 bits per heavy atom. The molecule has 0 heterocycles. The van der Waals surface area contributed by atoms with Gasteiger partial charge in [-0.15, -0.1) is 5.11 Å². The van der Waals surface area contributed by atoms with Gasteiger partial charge in [0.15, 0.2) is 11.4 Å². The van der Waals surface area contributed by atoms with Crippen LogP contribution in [-0.4, -0.2) is 96.1 Å². The van der Waals surface area contributed by atoms with Gasteiger partial charge in [0.2, 0.25) is 5.91 Å². The standard InChI is InChI=1S/C19H17N3O8S2.2Na/c1-10-5-3-4-6-15(10)21-22-17-18(24)13-8-7-12(31(25,26)27)9-14(13)16(20-11(2)23)19(17)32(28,29)30;;/h3-9,24H,1-2H3,(H,20,23)(H,25,26,27)(H,28,29,30);;.